The van der Waals surface area contributed by atoms with Crippen molar-refractivity contribution in [2.75, 3.05) is 11.8 Å². The van der Waals surface area contributed by atoms with Gasteiger partial charge in [-0.3, -0.25) is 4.72 Å². The quantitative estimate of drug-likeness (QED) is 0.334. The zero-order valence-corrected chi connectivity index (χ0v) is 19.2. The van der Waals surface area contributed by atoms with Gasteiger partial charge in [-0.25, -0.2) is 12.9 Å². The van der Waals surface area contributed by atoms with Gasteiger partial charge in [0.15, 0.2) is 11.9 Å². The van der Waals surface area contributed by atoms with Crippen LogP contribution in [0.15, 0.2) is 65.8 Å². The number of ether oxygens (including phenoxy) is 1. The minimum atomic E-state index is -3.86. The highest BCUT2D eigenvalue weighted by atomic mass is 35.5. The van der Waals surface area contributed by atoms with Gasteiger partial charge < -0.3 is 9.94 Å². The van der Waals surface area contributed by atoms with Crippen molar-refractivity contribution >= 4 is 33.0 Å². The number of benzene rings is 1. The van der Waals surface area contributed by atoms with E-state index in [1.807, 2.05) is 13.8 Å². The molecular formula is C22H21ClN4O4S. The maximum Gasteiger partial charge on any atom is 0.263 e. The normalized spacial score (nSPS) is 11.8. The number of hydrogen-bond donors (Lipinski definition) is 1. The fourth-order valence-electron chi connectivity index (χ4n) is 3.27. The van der Waals surface area contributed by atoms with Crippen LogP contribution in [0.4, 0.5) is 5.82 Å². The summed E-state index contributed by atoms with van der Waals surface area (Å²) in [6.45, 7) is 4.08. The molecule has 0 radical (unpaired) electrons. The summed E-state index contributed by atoms with van der Waals surface area (Å²) in [4.78, 5) is 0.137. The van der Waals surface area contributed by atoms with E-state index in [-0.39, 0.29) is 10.7 Å². The number of pyridine rings is 2. The highest BCUT2D eigenvalue weighted by Gasteiger charge is 2.19. The van der Waals surface area contributed by atoms with Gasteiger partial charge >= 0.3 is 0 Å². The maximum atomic E-state index is 13.0. The molecule has 0 aliphatic carbocycles. The van der Waals surface area contributed by atoms with Crippen LogP contribution in [0.25, 0.3) is 16.8 Å². The third-order valence-corrected chi connectivity index (χ3v) is 6.71. The van der Waals surface area contributed by atoms with Crippen LogP contribution in [0.1, 0.15) is 25.3 Å². The zero-order chi connectivity index (χ0) is 23.0. The first-order valence-corrected chi connectivity index (χ1v) is 11.6. The second-order valence-electron chi connectivity index (χ2n) is 7.55. The summed E-state index contributed by atoms with van der Waals surface area (Å²) in [6.07, 6.45) is 2.63. The molecule has 0 bridgehead atoms. The van der Waals surface area contributed by atoms with Crippen molar-refractivity contribution in [2.24, 2.45) is 0 Å². The Morgan fingerprint density at radius 1 is 1.12 bits per heavy atom. The van der Waals surface area contributed by atoms with Crippen molar-refractivity contribution in [3.63, 3.8) is 0 Å². The van der Waals surface area contributed by atoms with Gasteiger partial charge in [0.05, 0.1) is 33.8 Å². The minimum Gasteiger partial charge on any atom is -0.619 e. The summed E-state index contributed by atoms with van der Waals surface area (Å²) >= 11 is 6.33. The molecule has 0 unspecified atom stereocenters. The molecule has 10 heteroatoms. The molecule has 166 valence electrons. The van der Waals surface area contributed by atoms with Gasteiger partial charge in [0.2, 0.25) is 6.20 Å². The van der Waals surface area contributed by atoms with Gasteiger partial charge in [0.1, 0.15) is 5.82 Å². The molecule has 3 aromatic heterocycles. The highest BCUT2D eigenvalue weighted by molar-refractivity contribution is 7.92. The van der Waals surface area contributed by atoms with E-state index in [0.29, 0.717) is 38.2 Å². The van der Waals surface area contributed by atoms with Gasteiger partial charge in [-0.15, -0.1) is 0 Å². The number of aromatic nitrogens is 3. The summed E-state index contributed by atoms with van der Waals surface area (Å²) in [5, 5.41) is 16.7. The SMILES string of the molecule is COc1cc(-c2cc3c(Cl)ccc(NS(=O)(=O)c4ccc(C(C)C)cc4)n3n2)c[n+]([O-])c1. The number of hydrogen-bond acceptors (Lipinski definition) is 5. The number of rotatable bonds is 6. The van der Waals surface area contributed by atoms with E-state index in [0.717, 1.165) is 5.56 Å². The van der Waals surface area contributed by atoms with E-state index in [2.05, 4.69) is 9.82 Å². The smallest absolute Gasteiger partial charge is 0.263 e. The Balaban J connectivity index is 1.75. The number of methoxy groups -OCH3 is 1. The molecule has 1 N–H and O–H groups in total. The summed E-state index contributed by atoms with van der Waals surface area (Å²) in [6, 6.07) is 13.2. The van der Waals surface area contributed by atoms with E-state index in [4.69, 9.17) is 16.3 Å². The van der Waals surface area contributed by atoms with Crippen molar-refractivity contribution in [1.29, 1.82) is 0 Å². The van der Waals surface area contributed by atoms with E-state index in [1.54, 1.807) is 42.5 Å². The largest absolute Gasteiger partial charge is 0.619 e. The second kappa shape index (κ2) is 8.33. The van der Waals surface area contributed by atoms with Crippen LogP contribution < -0.4 is 14.2 Å². The van der Waals surface area contributed by atoms with E-state index in [9.17, 15) is 13.6 Å². The second-order valence-corrected chi connectivity index (χ2v) is 9.64. The lowest BCUT2D eigenvalue weighted by molar-refractivity contribution is -0.605. The monoisotopic (exact) mass is 472 g/mol. The predicted octanol–water partition coefficient (Wildman–Crippen LogP) is 4.22. The molecule has 0 saturated carbocycles. The summed E-state index contributed by atoms with van der Waals surface area (Å²) < 4.78 is 35.7. The highest BCUT2D eigenvalue weighted by Crippen LogP contribution is 2.29. The first kappa shape index (κ1) is 21.9. The average Bonchev–Trinajstić information content (AvgIpc) is 3.22. The van der Waals surface area contributed by atoms with Crippen molar-refractivity contribution < 1.29 is 17.9 Å². The van der Waals surface area contributed by atoms with Crippen LogP contribution in [0.2, 0.25) is 5.02 Å². The summed E-state index contributed by atoms with van der Waals surface area (Å²) in [5.41, 5.74) is 2.46. The number of nitrogens with one attached hydrogen (secondary N) is 1. The predicted molar refractivity (Wildman–Crippen MR) is 122 cm³/mol. The molecular weight excluding hydrogens is 452 g/mol. The lowest BCUT2D eigenvalue weighted by Crippen LogP contribution is -2.24. The molecule has 0 spiro atoms. The number of nitrogens with zero attached hydrogens (tertiary/aromatic N) is 3. The third kappa shape index (κ3) is 4.21. The van der Waals surface area contributed by atoms with Crippen LogP contribution in [0.5, 0.6) is 5.75 Å². The number of fused-ring (bicyclic) bond motifs is 1. The average molecular weight is 473 g/mol. The number of halogens is 1. The van der Waals surface area contributed by atoms with Crippen LogP contribution >= 0.6 is 11.6 Å². The van der Waals surface area contributed by atoms with E-state index >= 15 is 0 Å². The maximum absolute atomic E-state index is 13.0. The van der Waals surface area contributed by atoms with Crippen LogP contribution in [0, 0.1) is 5.21 Å². The van der Waals surface area contributed by atoms with Gasteiger partial charge in [-0.05, 0) is 41.8 Å². The van der Waals surface area contributed by atoms with Crippen molar-refractivity contribution in [1.82, 2.24) is 9.61 Å². The first-order valence-electron chi connectivity index (χ1n) is 9.77. The fraction of sp³-hybridized carbons (Fsp3) is 0.182. The molecule has 3 heterocycles. The lowest BCUT2D eigenvalue weighted by Gasteiger charge is -2.11. The number of sulfonamides is 1. The molecule has 0 fully saturated rings. The Hall–Kier alpha value is -3.30. The minimum absolute atomic E-state index is 0.137. The fourth-order valence-corrected chi connectivity index (χ4v) is 4.51. The molecule has 4 rings (SSSR count). The van der Waals surface area contributed by atoms with E-state index in [1.165, 1.54) is 30.1 Å². The summed E-state index contributed by atoms with van der Waals surface area (Å²) in [7, 11) is -2.40. The Labute approximate surface area is 190 Å². The van der Waals surface area contributed by atoms with Crippen LogP contribution in [-0.2, 0) is 10.0 Å². The Morgan fingerprint density at radius 2 is 1.84 bits per heavy atom. The lowest BCUT2D eigenvalue weighted by atomic mass is 10.0. The van der Waals surface area contributed by atoms with Gasteiger partial charge in [-0.1, -0.05) is 37.6 Å². The molecule has 0 aliphatic rings. The molecule has 0 aliphatic heterocycles. The van der Waals surface area contributed by atoms with E-state index < -0.39 is 10.0 Å². The molecule has 32 heavy (non-hydrogen) atoms. The van der Waals surface area contributed by atoms with Gasteiger partial charge in [0.25, 0.3) is 10.0 Å². The molecule has 4 aromatic rings. The molecule has 8 nitrogen and oxygen atoms in total. The molecule has 0 atom stereocenters. The number of anilines is 1. The Morgan fingerprint density at radius 3 is 2.50 bits per heavy atom. The molecule has 0 saturated heterocycles. The van der Waals surface area contributed by atoms with Crippen molar-refractivity contribution in [2.45, 2.75) is 24.7 Å². The van der Waals surface area contributed by atoms with Gasteiger partial charge in [-0.2, -0.15) is 9.83 Å². The zero-order valence-electron chi connectivity index (χ0n) is 17.6. The third-order valence-electron chi connectivity index (χ3n) is 5.02. The van der Waals surface area contributed by atoms with Crippen molar-refractivity contribution in [3.05, 3.63) is 76.7 Å². The van der Waals surface area contributed by atoms with Crippen LogP contribution in [-0.4, -0.2) is 25.1 Å². The van der Waals surface area contributed by atoms with Crippen molar-refractivity contribution in [3.8, 4) is 17.0 Å². The van der Waals surface area contributed by atoms with Gasteiger partial charge in [0, 0.05) is 6.07 Å². The molecule has 1 aromatic carbocycles. The van der Waals surface area contributed by atoms with Crippen LogP contribution in [0.3, 0.4) is 0 Å². The Kier molecular flexibility index (Phi) is 5.70. The standard InChI is InChI=1S/C22H21ClN4O4S/c1-14(2)15-4-6-18(7-5-15)32(29,30)25-22-9-8-19(23)21-11-20(24-27(21)22)16-10-17(31-3)13-26(28)12-16/h4-14,25H,1-3H3. The summed E-state index contributed by atoms with van der Waals surface area (Å²) in [5.74, 6) is 0.871. The Bertz CT molecular complexity index is 1400. The first-order chi connectivity index (χ1) is 15.2. The topological polar surface area (TPSA) is 99.6 Å². The molecule has 0 amide bonds.